The van der Waals surface area contributed by atoms with Gasteiger partial charge in [0.05, 0.1) is 0 Å². The second-order valence-corrected chi connectivity index (χ2v) is 5.50. The Morgan fingerprint density at radius 3 is 2.44 bits per heavy atom. The van der Waals surface area contributed by atoms with Gasteiger partial charge in [0.2, 0.25) is 6.79 Å². The molecule has 0 saturated heterocycles. The van der Waals surface area contributed by atoms with Gasteiger partial charge >= 0.3 is 6.03 Å². The summed E-state index contributed by atoms with van der Waals surface area (Å²) in [6.07, 6.45) is 0. The van der Waals surface area contributed by atoms with E-state index in [-0.39, 0.29) is 18.7 Å². The second-order valence-electron chi connectivity index (χ2n) is 5.50. The van der Waals surface area contributed by atoms with Crippen molar-refractivity contribution in [2.75, 3.05) is 13.8 Å². The number of carbonyl (C=O) groups is 2. The second kappa shape index (κ2) is 7.57. The number of nitrogens with one attached hydrogen (secondary N) is 3. The summed E-state index contributed by atoms with van der Waals surface area (Å²) in [4.78, 5) is 23.6. The monoisotopic (exact) mass is 341 g/mol. The van der Waals surface area contributed by atoms with Gasteiger partial charge in [-0.3, -0.25) is 4.79 Å². The van der Waals surface area contributed by atoms with Crippen LogP contribution in [-0.2, 0) is 13.1 Å². The van der Waals surface area contributed by atoms with Crippen molar-refractivity contribution in [2.45, 2.75) is 13.1 Å². The summed E-state index contributed by atoms with van der Waals surface area (Å²) in [5, 5.41) is 8.12. The van der Waals surface area contributed by atoms with Crippen molar-refractivity contribution >= 4 is 11.9 Å². The summed E-state index contributed by atoms with van der Waals surface area (Å²) in [5.74, 6) is 1.24. The lowest BCUT2D eigenvalue weighted by atomic mass is 10.1. The Morgan fingerprint density at radius 2 is 1.68 bits per heavy atom. The number of ether oxygens (including phenoxy) is 2. The first-order chi connectivity index (χ1) is 12.2. The Morgan fingerprint density at radius 1 is 0.960 bits per heavy atom. The highest BCUT2D eigenvalue weighted by atomic mass is 16.7. The molecule has 1 aliphatic rings. The zero-order valence-corrected chi connectivity index (χ0v) is 13.8. The molecule has 3 rings (SSSR count). The average Bonchev–Trinajstić information content (AvgIpc) is 3.12. The van der Waals surface area contributed by atoms with E-state index >= 15 is 0 Å². The van der Waals surface area contributed by atoms with Crippen LogP contribution in [0.4, 0.5) is 4.79 Å². The summed E-state index contributed by atoms with van der Waals surface area (Å²) in [6.45, 7) is 0.931. The molecule has 7 nitrogen and oxygen atoms in total. The van der Waals surface area contributed by atoms with Crippen LogP contribution < -0.4 is 25.4 Å². The molecule has 25 heavy (non-hydrogen) atoms. The van der Waals surface area contributed by atoms with Gasteiger partial charge in [0.25, 0.3) is 5.91 Å². The Bertz CT molecular complexity index is 792. The largest absolute Gasteiger partial charge is 0.454 e. The molecule has 0 spiro atoms. The summed E-state index contributed by atoms with van der Waals surface area (Å²) in [6, 6.07) is 12.4. The molecule has 3 amide bonds. The highest BCUT2D eigenvalue weighted by molar-refractivity contribution is 5.94. The van der Waals surface area contributed by atoms with Crippen molar-refractivity contribution < 1.29 is 19.1 Å². The van der Waals surface area contributed by atoms with Crippen LogP contribution in [-0.4, -0.2) is 25.8 Å². The normalized spacial score (nSPS) is 11.7. The van der Waals surface area contributed by atoms with E-state index in [0.29, 0.717) is 30.2 Å². The molecular weight excluding hydrogens is 322 g/mol. The van der Waals surface area contributed by atoms with Crippen LogP contribution in [0.2, 0.25) is 0 Å². The highest BCUT2D eigenvalue weighted by Crippen LogP contribution is 2.32. The Labute approximate surface area is 145 Å². The van der Waals surface area contributed by atoms with Gasteiger partial charge in [-0.15, -0.1) is 0 Å². The molecule has 2 aromatic rings. The summed E-state index contributed by atoms with van der Waals surface area (Å²) >= 11 is 0. The smallest absolute Gasteiger partial charge is 0.315 e. The van der Waals surface area contributed by atoms with Crippen LogP contribution in [0.3, 0.4) is 0 Å². The predicted octanol–water partition coefficient (Wildman–Crippen LogP) is 1.77. The zero-order chi connectivity index (χ0) is 17.6. The van der Waals surface area contributed by atoms with Gasteiger partial charge in [-0.1, -0.05) is 18.2 Å². The maximum Gasteiger partial charge on any atom is 0.315 e. The lowest BCUT2D eigenvalue weighted by Gasteiger charge is -2.09. The van der Waals surface area contributed by atoms with Crippen LogP contribution in [0.25, 0.3) is 0 Å². The maximum atomic E-state index is 11.9. The first-order valence-electron chi connectivity index (χ1n) is 7.87. The number of amides is 3. The van der Waals surface area contributed by atoms with E-state index in [0.717, 1.165) is 11.1 Å². The maximum absolute atomic E-state index is 11.9. The fraction of sp³-hybridized carbons (Fsp3) is 0.222. The van der Waals surface area contributed by atoms with Crippen molar-refractivity contribution in [3.63, 3.8) is 0 Å². The molecular formula is C18H19N3O4. The SMILES string of the molecule is CNC(=O)c1cccc(CNC(=O)NCc2ccc3c(c2)OCO3)c1. The highest BCUT2D eigenvalue weighted by Gasteiger charge is 2.13. The van der Waals surface area contributed by atoms with Gasteiger partial charge < -0.3 is 25.4 Å². The summed E-state index contributed by atoms with van der Waals surface area (Å²) in [5.41, 5.74) is 2.32. The summed E-state index contributed by atoms with van der Waals surface area (Å²) in [7, 11) is 1.58. The van der Waals surface area contributed by atoms with E-state index in [1.165, 1.54) is 0 Å². The average molecular weight is 341 g/mol. The van der Waals surface area contributed by atoms with Crippen LogP contribution in [0.5, 0.6) is 11.5 Å². The molecule has 0 radical (unpaired) electrons. The third kappa shape index (κ3) is 4.20. The summed E-state index contributed by atoms with van der Waals surface area (Å²) < 4.78 is 10.6. The molecule has 3 N–H and O–H groups in total. The predicted molar refractivity (Wildman–Crippen MR) is 91.5 cm³/mol. The fourth-order valence-electron chi connectivity index (χ4n) is 2.44. The van der Waals surface area contributed by atoms with Gasteiger partial charge in [0.1, 0.15) is 0 Å². The lowest BCUT2D eigenvalue weighted by molar-refractivity contribution is 0.0963. The molecule has 1 heterocycles. The van der Waals surface area contributed by atoms with Crippen LogP contribution in [0, 0.1) is 0 Å². The number of fused-ring (bicyclic) bond motifs is 1. The first kappa shape index (κ1) is 16.6. The van der Waals surface area contributed by atoms with Gasteiger partial charge in [-0.25, -0.2) is 4.79 Å². The molecule has 0 aliphatic carbocycles. The minimum atomic E-state index is -0.289. The fourth-order valence-corrected chi connectivity index (χ4v) is 2.44. The van der Waals surface area contributed by atoms with Crippen molar-refractivity contribution in [1.82, 2.24) is 16.0 Å². The lowest BCUT2D eigenvalue weighted by Crippen LogP contribution is -2.34. The standard InChI is InChI=1S/C18H19N3O4/c1-19-17(22)14-4-2-3-12(7-14)9-20-18(23)21-10-13-5-6-15-16(8-13)25-11-24-15/h2-8H,9-11H2,1H3,(H,19,22)(H2,20,21,23). The van der Waals surface area contributed by atoms with Gasteiger partial charge in [0, 0.05) is 25.7 Å². The Hall–Kier alpha value is -3.22. The third-order valence-corrected chi connectivity index (χ3v) is 3.76. The number of carbonyl (C=O) groups excluding carboxylic acids is 2. The van der Waals surface area contributed by atoms with Crippen molar-refractivity contribution in [1.29, 1.82) is 0 Å². The number of rotatable bonds is 5. The molecule has 0 bridgehead atoms. The molecule has 7 heteroatoms. The molecule has 0 fully saturated rings. The topological polar surface area (TPSA) is 88.7 Å². The van der Waals surface area contributed by atoms with E-state index in [2.05, 4.69) is 16.0 Å². The first-order valence-corrected chi connectivity index (χ1v) is 7.87. The molecule has 130 valence electrons. The molecule has 0 saturated carbocycles. The van der Waals surface area contributed by atoms with E-state index in [9.17, 15) is 9.59 Å². The molecule has 0 unspecified atom stereocenters. The van der Waals surface area contributed by atoms with Crippen LogP contribution in [0.15, 0.2) is 42.5 Å². The number of hydrogen-bond donors (Lipinski definition) is 3. The Kier molecular flexibility index (Phi) is 5.03. The quantitative estimate of drug-likeness (QED) is 0.773. The van der Waals surface area contributed by atoms with Gasteiger partial charge in [-0.05, 0) is 35.4 Å². The molecule has 1 aliphatic heterocycles. The van der Waals surface area contributed by atoms with Gasteiger partial charge in [0.15, 0.2) is 11.5 Å². The van der Waals surface area contributed by atoms with E-state index in [1.54, 1.807) is 25.2 Å². The molecule has 0 aromatic heterocycles. The molecule has 2 aromatic carbocycles. The third-order valence-electron chi connectivity index (χ3n) is 3.76. The Balaban J connectivity index is 1.49. The zero-order valence-electron chi connectivity index (χ0n) is 13.8. The number of benzene rings is 2. The van der Waals surface area contributed by atoms with E-state index in [1.807, 2.05) is 24.3 Å². The van der Waals surface area contributed by atoms with Crippen molar-refractivity contribution in [3.8, 4) is 11.5 Å². The minimum absolute atomic E-state index is 0.158. The van der Waals surface area contributed by atoms with Gasteiger partial charge in [-0.2, -0.15) is 0 Å². The van der Waals surface area contributed by atoms with Crippen LogP contribution in [0.1, 0.15) is 21.5 Å². The van der Waals surface area contributed by atoms with Crippen molar-refractivity contribution in [3.05, 3.63) is 59.2 Å². The van der Waals surface area contributed by atoms with E-state index in [4.69, 9.17) is 9.47 Å². The van der Waals surface area contributed by atoms with Crippen LogP contribution >= 0.6 is 0 Å². The molecule has 0 atom stereocenters. The minimum Gasteiger partial charge on any atom is -0.454 e. The number of hydrogen-bond acceptors (Lipinski definition) is 4. The van der Waals surface area contributed by atoms with Crippen molar-refractivity contribution in [2.24, 2.45) is 0 Å². The van der Waals surface area contributed by atoms with E-state index < -0.39 is 0 Å². The number of urea groups is 1.